The highest BCUT2D eigenvalue weighted by Gasteiger charge is 2.31. The standard InChI is InChI=1S/C18H30N2O/c1-13(2)15-6-8-16(9-7-15)18-17(12-19-14(3)4)21-11-10-20(18)5/h6-9,13-14,17-19H,10-12H2,1-5H3. The third-order valence-electron chi connectivity index (χ3n) is 4.27. The van der Waals surface area contributed by atoms with Crippen molar-refractivity contribution in [2.75, 3.05) is 26.7 Å². The fourth-order valence-corrected chi connectivity index (χ4v) is 2.93. The second kappa shape index (κ2) is 7.39. The molecule has 1 N–H and O–H groups in total. The fraction of sp³-hybridized carbons (Fsp3) is 0.667. The van der Waals surface area contributed by atoms with Gasteiger partial charge in [-0.25, -0.2) is 0 Å². The van der Waals surface area contributed by atoms with Crippen molar-refractivity contribution < 1.29 is 4.74 Å². The molecule has 0 aliphatic carbocycles. The van der Waals surface area contributed by atoms with Crippen molar-refractivity contribution in [1.29, 1.82) is 0 Å². The van der Waals surface area contributed by atoms with Crippen LogP contribution in [0.5, 0.6) is 0 Å². The molecule has 0 aromatic heterocycles. The molecule has 1 aromatic rings. The van der Waals surface area contributed by atoms with Crippen LogP contribution in [0.2, 0.25) is 0 Å². The zero-order chi connectivity index (χ0) is 15.4. The van der Waals surface area contributed by atoms with Crippen LogP contribution in [0.15, 0.2) is 24.3 Å². The van der Waals surface area contributed by atoms with Gasteiger partial charge in [-0.15, -0.1) is 0 Å². The molecule has 118 valence electrons. The monoisotopic (exact) mass is 290 g/mol. The number of ether oxygens (including phenoxy) is 1. The van der Waals surface area contributed by atoms with Gasteiger partial charge < -0.3 is 10.1 Å². The van der Waals surface area contributed by atoms with Crippen LogP contribution in [-0.2, 0) is 4.74 Å². The van der Waals surface area contributed by atoms with Gasteiger partial charge in [-0.1, -0.05) is 52.0 Å². The molecule has 0 bridgehead atoms. The summed E-state index contributed by atoms with van der Waals surface area (Å²) in [6.45, 7) is 11.5. The van der Waals surface area contributed by atoms with Gasteiger partial charge in [0.05, 0.1) is 18.8 Å². The lowest BCUT2D eigenvalue weighted by Gasteiger charge is -2.40. The summed E-state index contributed by atoms with van der Waals surface area (Å²) in [6, 6.07) is 9.89. The van der Waals surface area contributed by atoms with Gasteiger partial charge in [-0.3, -0.25) is 4.90 Å². The van der Waals surface area contributed by atoms with E-state index in [1.807, 2.05) is 0 Å². The topological polar surface area (TPSA) is 24.5 Å². The SMILES string of the molecule is CC(C)NCC1OCCN(C)C1c1ccc(C(C)C)cc1. The van der Waals surface area contributed by atoms with Gasteiger partial charge in [0.2, 0.25) is 0 Å². The molecule has 0 saturated carbocycles. The lowest BCUT2D eigenvalue weighted by Crippen LogP contribution is -2.48. The Morgan fingerprint density at radius 3 is 2.43 bits per heavy atom. The molecule has 2 atom stereocenters. The normalized spacial score (nSPS) is 24.0. The van der Waals surface area contributed by atoms with Crippen molar-refractivity contribution >= 4 is 0 Å². The lowest BCUT2D eigenvalue weighted by atomic mass is 9.95. The third kappa shape index (κ3) is 4.29. The van der Waals surface area contributed by atoms with Crippen molar-refractivity contribution in [3.8, 4) is 0 Å². The van der Waals surface area contributed by atoms with Gasteiger partial charge in [-0.2, -0.15) is 0 Å². The van der Waals surface area contributed by atoms with Crippen LogP contribution in [0.3, 0.4) is 0 Å². The summed E-state index contributed by atoms with van der Waals surface area (Å²) in [7, 11) is 2.20. The summed E-state index contributed by atoms with van der Waals surface area (Å²) >= 11 is 0. The van der Waals surface area contributed by atoms with E-state index >= 15 is 0 Å². The Bertz CT molecular complexity index is 427. The van der Waals surface area contributed by atoms with Crippen LogP contribution in [0, 0.1) is 0 Å². The van der Waals surface area contributed by atoms with E-state index in [0.29, 0.717) is 18.0 Å². The quantitative estimate of drug-likeness (QED) is 0.901. The summed E-state index contributed by atoms with van der Waals surface area (Å²) in [5.41, 5.74) is 2.76. The first-order chi connectivity index (χ1) is 9.99. The van der Waals surface area contributed by atoms with E-state index in [1.165, 1.54) is 11.1 Å². The molecule has 21 heavy (non-hydrogen) atoms. The largest absolute Gasteiger partial charge is 0.374 e. The molecule has 0 radical (unpaired) electrons. The summed E-state index contributed by atoms with van der Waals surface area (Å²) in [6.07, 6.45) is 0.219. The van der Waals surface area contributed by atoms with Crippen molar-refractivity contribution in [2.45, 2.75) is 51.8 Å². The number of nitrogens with one attached hydrogen (secondary N) is 1. The van der Waals surface area contributed by atoms with Crippen molar-refractivity contribution in [3.05, 3.63) is 35.4 Å². The maximum Gasteiger partial charge on any atom is 0.0896 e. The van der Waals surface area contributed by atoms with Crippen LogP contribution >= 0.6 is 0 Å². The molecule has 1 saturated heterocycles. The van der Waals surface area contributed by atoms with Gasteiger partial charge in [0.25, 0.3) is 0 Å². The van der Waals surface area contributed by atoms with Crippen molar-refractivity contribution in [1.82, 2.24) is 10.2 Å². The second-order valence-electron chi connectivity index (χ2n) is 6.72. The van der Waals surface area contributed by atoms with E-state index in [4.69, 9.17) is 4.74 Å². The second-order valence-corrected chi connectivity index (χ2v) is 6.72. The first-order valence-corrected chi connectivity index (χ1v) is 8.14. The number of hydrogen-bond acceptors (Lipinski definition) is 3. The van der Waals surface area contributed by atoms with Crippen LogP contribution in [0.4, 0.5) is 0 Å². The van der Waals surface area contributed by atoms with E-state index in [9.17, 15) is 0 Å². The number of rotatable bonds is 5. The van der Waals surface area contributed by atoms with Crippen LogP contribution in [-0.4, -0.2) is 43.8 Å². The van der Waals surface area contributed by atoms with E-state index in [1.54, 1.807) is 0 Å². The Morgan fingerprint density at radius 2 is 1.86 bits per heavy atom. The minimum atomic E-state index is 0.219. The molecule has 1 aliphatic heterocycles. The molecule has 1 fully saturated rings. The van der Waals surface area contributed by atoms with Crippen LogP contribution in [0.25, 0.3) is 0 Å². The number of likely N-dealkylation sites (N-methyl/N-ethyl adjacent to an activating group) is 1. The maximum atomic E-state index is 6.04. The van der Waals surface area contributed by atoms with E-state index in [0.717, 1.165) is 19.7 Å². The number of nitrogens with zero attached hydrogens (tertiary/aromatic N) is 1. The van der Waals surface area contributed by atoms with Crippen molar-refractivity contribution in [3.63, 3.8) is 0 Å². The Morgan fingerprint density at radius 1 is 1.19 bits per heavy atom. The highest BCUT2D eigenvalue weighted by atomic mass is 16.5. The minimum absolute atomic E-state index is 0.219. The first kappa shape index (κ1) is 16.5. The number of benzene rings is 1. The Hall–Kier alpha value is -0.900. The van der Waals surface area contributed by atoms with Gasteiger partial charge in [-0.05, 0) is 24.1 Å². The molecular weight excluding hydrogens is 260 g/mol. The Kier molecular flexibility index (Phi) is 5.80. The fourth-order valence-electron chi connectivity index (χ4n) is 2.93. The minimum Gasteiger partial charge on any atom is -0.374 e. The van der Waals surface area contributed by atoms with E-state index in [2.05, 4.69) is 69.2 Å². The van der Waals surface area contributed by atoms with Crippen LogP contribution in [0.1, 0.15) is 50.8 Å². The maximum absolute atomic E-state index is 6.04. The predicted molar refractivity (Wildman–Crippen MR) is 88.8 cm³/mol. The zero-order valence-electron chi connectivity index (χ0n) is 14.1. The highest BCUT2D eigenvalue weighted by molar-refractivity contribution is 5.28. The third-order valence-corrected chi connectivity index (χ3v) is 4.27. The summed E-state index contributed by atoms with van der Waals surface area (Å²) in [5, 5.41) is 3.51. The van der Waals surface area contributed by atoms with Crippen molar-refractivity contribution in [2.24, 2.45) is 0 Å². The first-order valence-electron chi connectivity index (χ1n) is 8.14. The molecule has 0 amide bonds. The molecular formula is C18H30N2O. The molecule has 2 rings (SSSR count). The number of morpholine rings is 1. The molecule has 1 aromatic carbocycles. The van der Waals surface area contributed by atoms with E-state index < -0.39 is 0 Å². The Labute approximate surface area is 129 Å². The van der Waals surface area contributed by atoms with Gasteiger partial charge >= 0.3 is 0 Å². The van der Waals surface area contributed by atoms with Crippen LogP contribution < -0.4 is 5.32 Å². The van der Waals surface area contributed by atoms with E-state index in [-0.39, 0.29) is 6.10 Å². The lowest BCUT2D eigenvalue weighted by molar-refractivity contribution is -0.0620. The highest BCUT2D eigenvalue weighted by Crippen LogP contribution is 2.29. The molecule has 3 nitrogen and oxygen atoms in total. The number of hydrogen-bond donors (Lipinski definition) is 1. The summed E-state index contributed by atoms with van der Waals surface area (Å²) < 4.78 is 6.04. The molecule has 3 heteroatoms. The molecule has 1 heterocycles. The van der Waals surface area contributed by atoms with Gasteiger partial charge in [0, 0.05) is 19.1 Å². The molecule has 0 spiro atoms. The average molecular weight is 290 g/mol. The smallest absolute Gasteiger partial charge is 0.0896 e. The van der Waals surface area contributed by atoms with Gasteiger partial charge in [0.1, 0.15) is 0 Å². The molecule has 2 unspecified atom stereocenters. The summed E-state index contributed by atoms with van der Waals surface area (Å²) in [4.78, 5) is 2.42. The van der Waals surface area contributed by atoms with Gasteiger partial charge in [0.15, 0.2) is 0 Å². The summed E-state index contributed by atoms with van der Waals surface area (Å²) in [5.74, 6) is 0.581. The Balaban J connectivity index is 2.14. The average Bonchev–Trinajstić information content (AvgIpc) is 2.45. The molecule has 1 aliphatic rings. The zero-order valence-corrected chi connectivity index (χ0v) is 14.1. The predicted octanol–water partition coefficient (Wildman–Crippen LogP) is 3.18.